The van der Waals surface area contributed by atoms with E-state index in [-0.39, 0.29) is 0 Å². The highest BCUT2D eigenvalue weighted by atomic mass is 19.4. The van der Waals surface area contributed by atoms with Gasteiger partial charge in [0.15, 0.2) is 0 Å². The van der Waals surface area contributed by atoms with Crippen molar-refractivity contribution in [2.24, 2.45) is 5.92 Å². The molecule has 0 spiro atoms. The minimum absolute atomic E-state index is 0.563. The summed E-state index contributed by atoms with van der Waals surface area (Å²) in [7, 11) is 0. The summed E-state index contributed by atoms with van der Waals surface area (Å²) in [6.45, 7) is 2.29. The Morgan fingerprint density at radius 3 is 2.14 bits per heavy atom. The molecule has 0 radical (unpaired) electrons. The highest BCUT2D eigenvalue weighted by molar-refractivity contribution is 5.84. The molecule has 0 amide bonds. The lowest BCUT2D eigenvalue weighted by atomic mass is 9.79. The Kier molecular flexibility index (Phi) is 3.68. The van der Waals surface area contributed by atoms with Crippen molar-refractivity contribution in [2.75, 3.05) is 0 Å². The second-order valence-electron chi connectivity index (χ2n) is 6.28. The first-order valence-corrected chi connectivity index (χ1v) is 7.54. The molecule has 21 heavy (non-hydrogen) atoms. The van der Waals surface area contributed by atoms with Gasteiger partial charge in [0.05, 0.1) is 5.56 Å². The third-order valence-corrected chi connectivity index (χ3v) is 4.68. The van der Waals surface area contributed by atoms with Gasteiger partial charge in [0.1, 0.15) is 0 Å². The molecule has 2 aromatic rings. The summed E-state index contributed by atoms with van der Waals surface area (Å²) >= 11 is 0. The Hall–Kier alpha value is -1.51. The van der Waals surface area contributed by atoms with Crippen LogP contribution in [0.1, 0.15) is 49.7 Å². The zero-order valence-corrected chi connectivity index (χ0v) is 12.1. The highest BCUT2D eigenvalue weighted by Crippen LogP contribution is 2.37. The predicted octanol–water partition coefficient (Wildman–Crippen LogP) is 6.15. The number of rotatable bonds is 1. The minimum atomic E-state index is -4.27. The van der Waals surface area contributed by atoms with Crippen LogP contribution in [0.2, 0.25) is 0 Å². The van der Waals surface area contributed by atoms with Gasteiger partial charge in [-0.25, -0.2) is 0 Å². The molecule has 0 unspecified atom stereocenters. The van der Waals surface area contributed by atoms with Crippen molar-refractivity contribution in [2.45, 2.75) is 44.7 Å². The fourth-order valence-corrected chi connectivity index (χ4v) is 3.29. The van der Waals surface area contributed by atoms with Crippen molar-refractivity contribution < 1.29 is 13.2 Å². The van der Waals surface area contributed by atoms with Crippen LogP contribution in [0.4, 0.5) is 13.2 Å². The topological polar surface area (TPSA) is 0 Å². The summed E-state index contributed by atoms with van der Waals surface area (Å²) in [5.41, 5.74) is 0.698. The summed E-state index contributed by atoms with van der Waals surface area (Å²) in [6.07, 6.45) is 0.596. The van der Waals surface area contributed by atoms with Gasteiger partial charge < -0.3 is 0 Å². The normalized spacial score (nSPS) is 23.4. The fourth-order valence-electron chi connectivity index (χ4n) is 3.29. The summed E-state index contributed by atoms with van der Waals surface area (Å²) < 4.78 is 38.2. The quantitative estimate of drug-likeness (QED) is 0.591. The molecule has 0 heterocycles. The largest absolute Gasteiger partial charge is 0.416 e. The first-order valence-electron chi connectivity index (χ1n) is 7.54. The Labute approximate surface area is 123 Å². The van der Waals surface area contributed by atoms with Gasteiger partial charge in [-0.05, 0) is 53.1 Å². The van der Waals surface area contributed by atoms with E-state index in [1.807, 2.05) is 12.1 Å². The zero-order valence-electron chi connectivity index (χ0n) is 12.1. The van der Waals surface area contributed by atoms with Gasteiger partial charge in [0.2, 0.25) is 0 Å². The first-order chi connectivity index (χ1) is 9.93. The molecule has 0 atom stereocenters. The van der Waals surface area contributed by atoms with E-state index in [9.17, 15) is 13.2 Å². The molecule has 112 valence electrons. The van der Waals surface area contributed by atoms with Crippen LogP contribution in [0, 0.1) is 5.92 Å². The van der Waals surface area contributed by atoms with Gasteiger partial charge in [-0.1, -0.05) is 44.0 Å². The Bertz CT molecular complexity index is 634. The van der Waals surface area contributed by atoms with Crippen molar-refractivity contribution in [1.29, 1.82) is 0 Å². The standard InChI is InChI=1S/C18H19F3/c1-12-2-4-13(5-3-12)14-6-7-16-11-17(18(19,20)21)9-8-15(16)10-14/h6-13H,2-5H2,1H3. The SMILES string of the molecule is CC1CCC(c2ccc3cc(C(F)(F)F)ccc3c2)CC1. The average Bonchev–Trinajstić information content (AvgIpc) is 2.46. The maximum Gasteiger partial charge on any atom is 0.416 e. The van der Waals surface area contributed by atoms with E-state index in [4.69, 9.17) is 0 Å². The minimum Gasteiger partial charge on any atom is -0.166 e. The van der Waals surface area contributed by atoms with Crippen molar-refractivity contribution in [1.82, 2.24) is 0 Å². The van der Waals surface area contributed by atoms with Crippen molar-refractivity contribution in [3.63, 3.8) is 0 Å². The van der Waals surface area contributed by atoms with Gasteiger partial charge in [0, 0.05) is 0 Å². The van der Waals surface area contributed by atoms with Crippen LogP contribution in [0.3, 0.4) is 0 Å². The van der Waals surface area contributed by atoms with Crippen LogP contribution >= 0.6 is 0 Å². The number of halogens is 3. The Balaban J connectivity index is 1.91. The number of hydrogen-bond donors (Lipinski definition) is 0. The molecule has 0 N–H and O–H groups in total. The molecule has 3 rings (SSSR count). The zero-order chi connectivity index (χ0) is 15.0. The second-order valence-corrected chi connectivity index (χ2v) is 6.28. The van der Waals surface area contributed by atoms with Crippen molar-refractivity contribution >= 4 is 10.8 Å². The smallest absolute Gasteiger partial charge is 0.166 e. The monoisotopic (exact) mass is 292 g/mol. The maximum atomic E-state index is 12.7. The van der Waals surface area contributed by atoms with Gasteiger partial charge in [-0.3, -0.25) is 0 Å². The van der Waals surface area contributed by atoms with Gasteiger partial charge in [0.25, 0.3) is 0 Å². The third kappa shape index (κ3) is 3.07. The molecule has 0 saturated heterocycles. The number of benzene rings is 2. The summed E-state index contributed by atoms with van der Waals surface area (Å²) in [5, 5.41) is 1.57. The molecule has 3 heteroatoms. The lowest BCUT2D eigenvalue weighted by Crippen LogP contribution is -2.10. The maximum absolute atomic E-state index is 12.7. The van der Waals surface area contributed by atoms with Crippen molar-refractivity contribution in [3.05, 3.63) is 47.5 Å². The molecule has 0 nitrogen and oxygen atoms in total. The second kappa shape index (κ2) is 5.36. The van der Waals surface area contributed by atoms with Crippen LogP contribution in [0.15, 0.2) is 36.4 Å². The Morgan fingerprint density at radius 1 is 0.857 bits per heavy atom. The lowest BCUT2D eigenvalue weighted by Gasteiger charge is -2.26. The van der Waals surface area contributed by atoms with E-state index in [0.717, 1.165) is 11.3 Å². The lowest BCUT2D eigenvalue weighted by molar-refractivity contribution is -0.137. The summed E-state index contributed by atoms with van der Waals surface area (Å²) in [6, 6.07) is 9.90. The van der Waals surface area contributed by atoms with E-state index in [0.29, 0.717) is 11.3 Å². The molecule has 1 aliphatic carbocycles. The summed E-state index contributed by atoms with van der Waals surface area (Å²) in [4.78, 5) is 0. The van der Waals surface area contributed by atoms with E-state index >= 15 is 0 Å². The van der Waals surface area contributed by atoms with E-state index in [2.05, 4.69) is 13.0 Å². The number of fused-ring (bicyclic) bond motifs is 1. The van der Waals surface area contributed by atoms with Crippen LogP contribution < -0.4 is 0 Å². The molecule has 1 aliphatic rings. The van der Waals surface area contributed by atoms with Gasteiger partial charge in [-0.2, -0.15) is 13.2 Å². The average molecular weight is 292 g/mol. The Morgan fingerprint density at radius 2 is 1.48 bits per heavy atom. The molecular formula is C18H19F3. The molecule has 2 aromatic carbocycles. The number of alkyl halides is 3. The van der Waals surface area contributed by atoms with Crippen LogP contribution in [0.25, 0.3) is 10.8 Å². The molecule has 1 fully saturated rings. The summed E-state index contributed by atoms with van der Waals surface area (Å²) in [5.74, 6) is 1.36. The molecule has 0 aliphatic heterocycles. The fraction of sp³-hybridized carbons (Fsp3) is 0.444. The van der Waals surface area contributed by atoms with Crippen LogP contribution in [-0.4, -0.2) is 0 Å². The van der Waals surface area contributed by atoms with Crippen molar-refractivity contribution in [3.8, 4) is 0 Å². The third-order valence-electron chi connectivity index (χ3n) is 4.68. The molecular weight excluding hydrogens is 273 g/mol. The van der Waals surface area contributed by atoms with E-state index in [1.54, 1.807) is 6.07 Å². The van der Waals surface area contributed by atoms with Gasteiger partial charge in [-0.15, -0.1) is 0 Å². The first kappa shape index (κ1) is 14.4. The number of hydrogen-bond acceptors (Lipinski definition) is 0. The van der Waals surface area contributed by atoms with Crippen LogP contribution in [0.5, 0.6) is 0 Å². The molecule has 0 bridgehead atoms. The van der Waals surface area contributed by atoms with Gasteiger partial charge >= 0.3 is 6.18 Å². The highest BCUT2D eigenvalue weighted by Gasteiger charge is 2.30. The van der Waals surface area contributed by atoms with E-state index < -0.39 is 11.7 Å². The molecule has 1 saturated carbocycles. The molecule has 0 aromatic heterocycles. The van der Waals surface area contributed by atoms with Crippen LogP contribution in [-0.2, 0) is 6.18 Å². The predicted molar refractivity (Wildman–Crippen MR) is 79.3 cm³/mol. The van der Waals surface area contributed by atoms with E-state index in [1.165, 1.54) is 43.4 Å².